The average molecular weight is 498 g/mol. The van der Waals surface area contributed by atoms with Crippen LogP contribution in [0.3, 0.4) is 0 Å². The highest BCUT2D eigenvalue weighted by Gasteiger charge is 2.18. The molecule has 3 aromatic rings. The molecule has 2 aromatic carbocycles. The summed E-state index contributed by atoms with van der Waals surface area (Å²) < 4.78 is 17.7. The lowest BCUT2D eigenvalue weighted by Crippen LogP contribution is -2.27. The topological polar surface area (TPSA) is 56.8 Å². The average Bonchev–Trinajstić information content (AvgIpc) is 3.21. The van der Waals surface area contributed by atoms with Gasteiger partial charge in [-0.2, -0.15) is 11.3 Å². The monoisotopic (exact) mass is 497 g/mol. The molecule has 1 unspecified atom stereocenters. The highest BCUT2D eigenvalue weighted by molar-refractivity contribution is 7.27. The third kappa shape index (κ3) is 8.19. The summed E-state index contributed by atoms with van der Waals surface area (Å²) in [6.45, 7) is 11.5. The quantitative estimate of drug-likeness (QED) is 0.354. The van der Waals surface area contributed by atoms with E-state index in [0.29, 0.717) is 22.9 Å². The number of thiophene rings is 1. The van der Waals surface area contributed by atoms with Crippen LogP contribution in [0.4, 0.5) is 10.5 Å². The number of carbonyl (C=O) groups is 1. The minimum absolute atomic E-state index is 0.390. The van der Waals surface area contributed by atoms with Crippen molar-refractivity contribution in [2.24, 2.45) is 0 Å². The Labute approximate surface area is 208 Å². The van der Waals surface area contributed by atoms with Crippen LogP contribution in [0.25, 0.3) is 12.2 Å². The van der Waals surface area contributed by atoms with Crippen LogP contribution in [-0.4, -0.2) is 17.3 Å². The third-order valence-electron chi connectivity index (χ3n) is 4.27. The van der Waals surface area contributed by atoms with E-state index >= 15 is 0 Å². The molecular formula is C27H32NO4PS. The summed E-state index contributed by atoms with van der Waals surface area (Å²) in [6.07, 6.45) is 3.63. The van der Waals surface area contributed by atoms with Crippen LogP contribution in [0, 0.1) is 0 Å². The van der Waals surface area contributed by atoms with E-state index in [2.05, 4.69) is 43.5 Å². The fraction of sp³-hybridized carbons (Fsp3) is 0.296. The molecule has 34 heavy (non-hydrogen) atoms. The van der Waals surface area contributed by atoms with Gasteiger partial charge in [0.15, 0.2) is 11.5 Å². The molecule has 0 aliphatic carbocycles. The number of benzene rings is 2. The summed E-state index contributed by atoms with van der Waals surface area (Å²) in [7, 11) is 2.64. The largest absolute Gasteiger partial charge is 0.484 e. The van der Waals surface area contributed by atoms with E-state index in [-0.39, 0.29) is 0 Å². The van der Waals surface area contributed by atoms with Gasteiger partial charge in [0, 0.05) is 11.0 Å². The number of rotatable bonds is 6. The van der Waals surface area contributed by atoms with Crippen molar-refractivity contribution in [3.63, 3.8) is 0 Å². The fourth-order valence-electron chi connectivity index (χ4n) is 2.94. The van der Waals surface area contributed by atoms with Crippen LogP contribution >= 0.6 is 20.6 Å². The van der Waals surface area contributed by atoms with Gasteiger partial charge in [0.25, 0.3) is 0 Å². The lowest BCUT2D eigenvalue weighted by atomic mass is 10.1. The van der Waals surface area contributed by atoms with Crippen molar-refractivity contribution >= 4 is 49.8 Å². The van der Waals surface area contributed by atoms with Crippen LogP contribution in [-0.2, 0) is 4.74 Å². The number of anilines is 1. The Morgan fingerprint density at radius 2 is 1.59 bits per heavy atom. The Morgan fingerprint density at radius 3 is 2.21 bits per heavy atom. The van der Waals surface area contributed by atoms with Crippen molar-refractivity contribution in [1.82, 2.24) is 0 Å². The first-order valence-corrected chi connectivity index (χ1v) is 12.5. The molecule has 5 nitrogen and oxygen atoms in total. The molecule has 0 radical (unpaired) electrons. The smallest absolute Gasteiger partial charge is 0.412 e. The summed E-state index contributed by atoms with van der Waals surface area (Å²) >= 11 is 1.67. The molecule has 1 aromatic heterocycles. The van der Waals surface area contributed by atoms with Crippen molar-refractivity contribution in [3.05, 3.63) is 64.4 Å². The molecule has 0 saturated carbocycles. The molecule has 7 heteroatoms. The summed E-state index contributed by atoms with van der Waals surface area (Å²) in [5.74, 6) is 1.90. The van der Waals surface area contributed by atoms with Crippen molar-refractivity contribution in [2.75, 3.05) is 5.32 Å². The van der Waals surface area contributed by atoms with E-state index in [9.17, 15) is 4.79 Å². The Morgan fingerprint density at radius 1 is 0.882 bits per heavy atom. The maximum atomic E-state index is 12.1. The second kappa shape index (κ2) is 10.6. The normalized spacial score (nSPS) is 12.0. The molecule has 0 aliphatic heterocycles. The molecule has 1 amide bonds. The van der Waals surface area contributed by atoms with Crippen molar-refractivity contribution < 1.29 is 19.0 Å². The SMILES string of the molecule is CC(C)(C)OC(=O)Nc1ccc(Oc2ccc(/C=C/c3ccsc3)cc2OC(C)(C)C)c(P)c1. The Bertz CT molecular complexity index is 1160. The summed E-state index contributed by atoms with van der Waals surface area (Å²) in [6, 6.07) is 13.3. The highest BCUT2D eigenvalue weighted by atomic mass is 32.1. The molecule has 0 spiro atoms. The van der Waals surface area contributed by atoms with Crippen molar-refractivity contribution in [3.8, 4) is 17.2 Å². The van der Waals surface area contributed by atoms with Crippen LogP contribution in [0.2, 0.25) is 0 Å². The molecule has 1 atom stereocenters. The third-order valence-corrected chi connectivity index (χ3v) is 5.42. The summed E-state index contributed by atoms with van der Waals surface area (Å²) in [5.41, 5.74) is 1.84. The van der Waals surface area contributed by atoms with Gasteiger partial charge in [0.2, 0.25) is 0 Å². The lowest BCUT2D eigenvalue weighted by molar-refractivity contribution is 0.0636. The zero-order chi connectivity index (χ0) is 24.9. The van der Waals surface area contributed by atoms with E-state index in [0.717, 1.165) is 16.4 Å². The number of nitrogens with one attached hydrogen (secondary N) is 1. The van der Waals surface area contributed by atoms with E-state index < -0.39 is 17.3 Å². The van der Waals surface area contributed by atoms with Crippen molar-refractivity contribution in [2.45, 2.75) is 52.7 Å². The first-order valence-electron chi connectivity index (χ1n) is 11.0. The molecule has 180 valence electrons. The Kier molecular flexibility index (Phi) is 8.06. The standard InChI is InChI=1S/C27H32NO4PS/c1-26(2,3)31-23-15-18(7-8-19-13-14-34-17-19)9-11-21(23)30-22-12-10-20(16-24(22)33)28-25(29)32-27(4,5)6/h7-17H,33H2,1-6H3,(H,28,29)/b8-7+. The highest BCUT2D eigenvalue weighted by Crippen LogP contribution is 2.35. The van der Waals surface area contributed by atoms with Gasteiger partial charge in [-0.15, -0.1) is 9.24 Å². The molecule has 0 saturated heterocycles. The number of hydrogen-bond acceptors (Lipinski definition) is 5. The predicted molar refractivity (Wildman–Crippen MR) is 146 cm³/mol. The number of amides is 1. The lowest BCUT2D eigenvalue weighted by Gasteiger charge is -2.24. The van der Waals surface area contributed by atoms with Crippen molar-refractivity contribution in [1.29, 1.82) is 0 Å². The van der Waals surface area contributed by atoms with Gasteiger partial charge in [-0.3, -0.25) is 5.32 Å². The molecule has 0 fully saturated rings. The summed E-state index contributed by atoms with van der Waals surface area (Å²) in [5, 5.41) is 7.69. The Hall–Kier alpha value is -2.82. The van der Waals surface area contributed by atoms with Gasteiger partial charge >= 0.3 is 6.09 Å². The first kappa shape index (κ1) is 25.8. The molecule has 1 N–H and O–H groups in total. The number of carbonyl (C=O) groups excluding carboxylic acids is 1. The second-order valence-electron chi connectivity index (χ2n) is 9.79. The van der Waals surface area contributed by atoms with Gasteiger partial charge in [-0.1, -0.05) is 18.2 Å². The van der Waals surface area contributed by atoms with Gasteiger partial charge in [0.05, 0.1) is 0 Å². The van der Waals surface area contributed by atoms with Gasteiger partial charge < -0.3 is 14.2 Å². The first-order chi connectivity index (χ1) is 15.9. The molecule has 3 rings (SSSR count). The molecule has 0 bridgehead atoms. The van der Waals surface area contributed by atoms with Crippen LogP contribution < -0.4 is 20.1 Å². The second-order valence-corrected chi connectivity index (χ2v) is 11.2. The van der Waals surface area contributed by atoms with Crippen LogP contribution in [0.5, 0.6) is 17.2 Å². The van der Waals surface area contributed by atoms with Crippen LogP contribution in [0.1, 0.15) is 52.7 Å². The minimum atomic E-state index is -0.564. The maximum Gasteiger partial charge on any atom is 0.412 e. The summed E-state index contributed by atoms with van der Waals surface area (Å²) in [4.78, 5) is 12.1. The Balaban J connectivity index is 1.81. The van der Waals surface area contributed by atoms with E-state index in [1.165, 1.54) is 0 Å². The molecular weight excluding hydrogens is 465 g/mol. The van der Waals surface area contributed by atoms with E-state index in [4.69, 9.17) is 14.2 Å². The van der Waals surface area contributed by atoms with Crippen LogP contribution in [0.15, 0.2) is 53.2 Å². The molecule has 1 heterocycles. The zero-order valence-electron chi connectivity index (χ0n) is 20.5. The number of hydrogen-bond donors (Lipinski definition) is 1. The zero-order valence-corrected chi connectivity index (χ0v) is 22.4. The van der Waals surface area contributed by atoms with E-state index in [1.807, 2.05) is 65.8 Å². The van der Waals surface area contributed by atoms with Gasteiger partial charge in [-0.05, 0) is 99.8 Å². The minimum Gasteiger partial charge on any atom is -0.484 e. The number of ether oxygens (including phenoxy) is 3. The molecule has 0 aliphatic rings. The fourth-order valence-corrected chi connectivity index (χ4v) is 3.91. The van der Waals surface area contributed by atoms with Gasteiger partial charge in [-0.25, -0.2) is 4.79 Å². The van der Waals surface area contributed by atoms with E-state index in [1.54, 1.807) is 23.5 Å². The predicted octanol–water partition coefficient (Wildman–Crippen LogP) is 7.74. The maximum absolute atomic E-state index is 12.1. The van der Waals surface area contributed by atoms with Gasteiger partial charge in [0.1, 0.15) is 17.0 Å².